The lowest BCUT2D eigenvalue weighted by Gasteiger charge is -1.99. The summed E-state index contributed by atoms with van der Waals surface area (Å²) < 4.78 is 0. The molecule has 5 nitrogen and oxygen atoms in total. The van der Waals surface area contributed by atoms with Crippen LogP contribution in [0, 0.1) is 6.92 Å². The molecule has 0 bridgehead atoms. The van der Waals surface area contributed by atoms with Gasteiger partial charge in [-0.15, -0.1) is 11.3 Å². The molecule has 0 saturated carbocycles. The molecule has 6 heteroatoms. The maximum Gasteiger partial charge on any atom is 0.277 e. The fourth-order valence-electron chi connectivity index (χ4n) is 1.89. The Morgan fingerprint density at radius 1 is 1.19 bits per heavy atom. The van der Waals surface area contributed by atoms with Crippen molar-refractivity contribution in [2.75, 3.05) is 5.32 Å². The number of carbonyl (C=O) groups excluding carboxylic acids is 1. The summed E-state index contributed by atoms with van der Waals surface area (Å²) in [6.07, 6.45) is 4.43. The van der Waals surface area contributed by atoms with Crippen LogP contribution in [-0.4, -0.2) is 20.9 Å². The molecule has 0 saturated heterocycles. The molecule has 2 heterocycles. The minimum atomic E-state index is -0.309. The molecule has 104 valence electrons. The highest BCUT2D eigenvalue weighted by Crippen LogP contribution is 2.30. The van der Waals surface area contributed by atoms with Gasteiger partial charge in [0.15, 0.2) is 5.13 Å². The monoisotopic (exact) mass is 296 g/mol. The van der Waals surface area contributed by atoms with Gasteiger partial charge in [0.05, 0.1) is 11.9 Å². The second-order valence-electron chi connectivity index (χ2n) is 4.33. The van der Waals surface area contributed by atoms with E-state index in [0.717, 1.165) is 16.1 Å². The van der Waals surface area contributed by atoms with Gasteiger partial charge in [-0.25, -0.2) is 9.97 Å². The van der Waals surface area contributed by atoms with Gasteiger partial charge in [0.1, 0.15) is 5.69 Å². The van der Waals surface area contributed by atoms with E-state index in [-0.39, 0.29) is 11.6 Å². The van der Waals surface area contributed by atoms with Gasteiger partial charge in [0.25, 0.3) is 5.91 Å². The lowest BCUT2D eigenvalue weighted by atomic mass is 10.1. The lowest BCUT2D eigenvalue weighted by Crippen LogP contribution is -2.13. The topological polar surface area (TPSA) is 67.8 Å². The smallest absolute Gasteiger partial charge is 0.277 e. The Hall–Kier alpha value is -2.60. The molecule has 1 N–H and O–H groups in total. The van der Waals surface area contributed by atoms with E-state index in [9.17, 15) is 4.79 Å². The van der Waals surface area contributed by atoms with E-state index in [2.05, 4.69) is 20.3 Å². The number of thiazole rings is 1. The fraction of sp³-hybridized carbons (Fsp3) is 0.0667. The van der Waals surface area contributed by atoms with Crippen molar-refractivity contribution in [2.24, 2.45) is 0 Å². The Morgan fingerprint density at radius 2 is 2.00 bits per heavy atom. The van der Waals surface area contributed by atoms with Crippen molar-refractivity contribution in [2.45, 2.75) is 6.92 Å². The molecule has 0 radical (unpaired) electrons. The Balaban J connectivity index is 1.84. The molecule has 0 aliphatic rings. The molecule has 0 unspecified atom stereocenters. The quantitative estimate of drug-likeness (QED) is 0.806. The number of amides is 1. The van der Waals surface area contributed by atoms with Crippen molar-refractivity contribution >= 4 is 22.4 Å². The largest absolute Gasteiger partial charge is 0.296 e. The number of carbonyl (C=O) groups is 1. The van der Waals surface area contributed by atoms with Crippen LogP contribution in [0.3, 0.4) is 0 Å². The van der Waals surface area contributed by atoms with Crippen LogP contribution < -0.4 is 5.32 Å². The molecule has 0 atom stereocenters. The summed E-state index contributed by atoms with van der Waals surface area (Å²) in [5.74, 6) is -0.309. The molecular weight excluding hydrogens is 284 g/mol. The maximum absolute atomic E-state index is 12.0. The zero-order valence-electron chi connectivity index (χ0n) is 11.3. The first-order valence-electron chi connectivity index (χ1n) is 6.34. The van der Waals surface area contributed by atoms with Crippen LogP contribution in [0.5, 0.6) is 0 Å². The van der Waals surface area contributed by atoms with Crippen molar-refractivity contribution in [3.8, 4) is 11.3 Å². The molecule has 3 aromatic rings. The number of aryl methyl sites for hydroxylation is 1. The summed E-state index contributed by atoms with van der Waals surface area (Å²) >= 11 is 1.44. The molecule has 0 fully saturated rings. The number of benzene rings is 1. The van der Waals surface area contributed by atoms with Crippen LogP contribution in [0.15, 0.2) is 48.9 Å². The van der Waals surface area contributed by atoms with Gasteiger partial charge < -0.3 is 0 Å². The molecule has 21 heavy (non-hydrogen) atoms. The van der Waals surface area contributed by atoms with Gasteiger partial charge in [-0.05, 0) is 6.92 Å². The molecule has 2 aromatic heterocycles. The van der Waals surface area contributed by atoms with Gasteiger partial charge >= 0.3 is 0 Å². The summed E-state index contributed by atoms with van der Waals surface area (Å²) in [5, 5.41) is 3.31. The van der Waals surface area contributed by atoms with Crippen molar-refractivity contribution in [1.82, 2.24) is 15.0 Å². The van der Waals surface area contributed by atoms with Crippen LogP contribution in [0.4, 0.5) is 5.13 Å². The third kappa shape index (κ3) is 2.95. The summed E-state index contributed by atoms with van der Waals surface area (Å²) in [5.41, 5.74) is 2.19. The molecule has 0 aliphatic carbocycles. The highest BCUT2D eigenvalue weighted by atomic mass is 32.1. The second-order valence-corrected chi connectivity index (χ2v) is 5.54. The molecule has 3 rings (SSSR count). The minimum absolute atomic E-state index is 0.270. The van der Waals surface area contributed by atoms with Gasteiger partial charge in [0, 0.05) is 22.8 Å². The fourth-order valence-corrected chi connectivity index (χ4v) is 2.72. The standard InChI is InChI=1S/C15H12N4OS/c1-10-13(11-5-3-2-4-6-11)18-15(21-10)19-14(20)12-9-16-7-8-17-12/h2-9H,1H3,(H,18,19,20). The Labute approximate surface area is 125 Å². The number of rotatable bonds is 3. The van der Waals surface area contributed by atoms with Crippen molar-refractivity contribution < 1.29 is 4.79 Å². The number of aromatic nitrogens is 3. The van der Waals surface area contributed by atoms with E-state index in [4.69, 9.17) is 0 Å². The van der Waals surface area contributed by atoms with Gasteiger partial charge in [-0.3, -0.25) is 15.1 Å². The van der Waals surface area contributed by atoms with E-state index >= 15 is 0 Å². The minimum Gasteiger partial charge on any atom is -0.296 e. The lowest BCUT2D eigenvalue weighted by molar-refractivity contribution is 0.102. The van der Waals surface area contributed by atoms with Crippen molar-refractivity contribution in [1.29, 1.82) is 0 Å². The van der Waals surface area contributed by atoms with E-state index in [1.54, 1.807) is 0 Å². The van der Waals surface area contributed by atoms with Crippen LogP contribution >= 0.6 is 11.3 Å². The third-order valence-corrected chi connectivity index (χ3v) is 3.75. The van der Waals surface area contributed by atoms with Crippen molar-refractivity contribution in [3.63, 3.8) is 0 Å². The first-order valence-corrected chi connectivity index (χ1v) is 7.16. The van der Waals surface area contributed by atoms with Crippen molar-refractivity contribution in [3.05, 3.63) is 59.5 Å². The normalized spacial score (nSPS) is 10.3. The first-order chi connectivity index (χ1) is 10.2. The average Bonchev–Trinajstić information content (AvgIpc) is 2.89. The number of hydrogen-bond donors (Lipinski definition) is 1. The van der Waals surface area contributed by atoms with Gasteiger partial charge in [-0.2, -0.15) is 0 Å². The maximum atomic E-state index is 12.0. The summed E-state index contributed by atoms with van der Waals surface area (Å²) in [4.78, 5) is 25.4. The highest BCUT2D eigenvalue weighted by molar-refractivity contribution is 7.16. The predicted molar refractivity (Wildman–Crippen MR) is 82.3 cm³/mol. The van der Waals surface area contributed by atoms with Gasteiger partial charge in [-0.1, -0.05) is 30.3 Å². The molecule has 0 spiro atoms. The molecule has 1 amide bonds. The van der Waals surface area contributed by atoms with E-state index in [1.165, 1.54) is 29.9 Å². The molecular formula is C15H12N4OS. The highest BCUT2D eigenvalue weighted by Gasteiger charge is 2.13. The van der Waals surface area contributed by atoms with E-state index < -0.39 is 0 Å². The number of hydrogen-bond acceptors (Lipinski definition) is 5. The Morgan fingerprint density at radius 3 is 2.71 bits per heavy atom. The van der Waals surface area contributed by atoms with Crippen LogP contribution in [0.2, 0.25) is 0 Å². The molecule has 1 aromatic carbocycles. The summed E-state index contributed by atoms with van der Waals surface area (Å²) in [6, 6.07) is 9.88. The average molecular weight is 296 g/mol. The number of nitrogens with one attached hydrogen (secondary N) is 1. The third-order valence-electron chi connectivity index (χ3n) is 2.86. The van der Waals surface area contributed by atoms with E-state index in [0.29, 0.717) is 5.13 Å². The predicted octanol–water partition coefficient (Wildman–Crippen LogP) is 3.16. The zero-order valence-corrected chi connectivity index (χ0v) is 12.1. The molecule has 0 aliphatic heterocycles. The SMILES string of the molecule is Cc1sc(NC(=O)c2cnccn2)nc1-c1ccccc1. The van der Waals surface area contributed by atoms with Crippen LogP contribution in [0.1, 0.15) is 15.4 Å². The summed E-state index contributed by atoms with van der Waals surface area (Å²) in [6.45, 7) is 1.98. The second kappa shape index (κ2) is 5.80. The van der Waals surface area contributed by atoms with Crippen LogP contribution in [-0.2, 0) is 0 Å². The number of nitrogens with zero attached hydrogens (tertiary/aromatic N) is 3. The summed E-state index contributed by atoms with van der Waals surface area (Å²) in [7, 11) is 0. The number of anilines is 1. The van der Waals surface area contributed by atoms with E-state index in [1.807, 2.05) is 37.3 Å². The van der Waals surface area contributed by atoms with Gasteiger partial charge in [0.2, 0.25) is 0 Å². The first kappa shape index (κ1) is 13.4. The zero-order chi connectivity index (χ0) is 14.7. The Kier molecular flexibility index (Phi) is 3.70. The Bertz CT molecular complexity index is 756. The van der Waals surface area contributed by atoms with Crippen LogP contribution in [0.25, 0.3) is 11.3 Å².